The summed E-state index contributed by atoms with van der Waals surface area (Å²) < 4.78 is 12.7. The fraction of sp³-hybridized carbons (Fsp3) is 0.0833. The standard InChI is InChI=1S/C12H10FNO.ClH/c13-12-3-1-10(2-4-12)11-5-9(8-15)6-14-7-11;/h1-7,15H,8H2;1H. The Hall–Kier alpha value is -1.45. The zero-order valence-corrected chi connectivity index (χ0v) is 9.25. The van der Waals surface area contributed by atoms with E-state index >= 15 is 0 Å². The SMILES string of the molecule is Cl.OCc1cncc(-c2ccc(F)cc2)c1. The number of rotatable bonds is 2. The summed E-state index contributed by atoms with van der Waals surface area (Å²) in [4.78, 5) is 4.00. The Balaban J connectivity index is 0.00000128. The molecule has 0 bridgehead atoms. The van der Waals surface area contributed by atoms with E-state index in [1.165, 1.54) is 12.1 Å². The number of aromatic nitrogens is 1. The van der Waals surface area contributed by atoms with Crippen LogP contribution >= 0.6 is 12.4 Å². The van der Waals surface area contributed by atoms with Crippen LogP contribution in [-0.2, 0) is 6.61 Å². The van der Waals surface area contributed by atoms with Gasteiger partial charge in [0.25, 0.3) is 0 Å². The van der Waals surface area contributed by atoms with Crippen molar-refractivity contribution in [3.8, 4) is 11.1 Å². The number of hydrogen-bond donors (Lipinski definition) is 1. The monoisotopic (exact) mass is 239 g/mol. The van der Waals surface area contributed by atoms with E-state index in [-0.39, 0.29) is 24.8 Å². The molecule has 1 N–H and O–H groups in total. The highest BCUT2D eigenvalue weighted by Gasteiger charge is 1.99. The summed E-state index contributed by atoms with van der Waals surface area (Å²) in [5.41, 5.74) is 2.51. The molecule has 1 aromatic heterocycles. The summed E-state index contributed by atoms with van der Waals surface area (Å²) in [7, 11) is 0. The van der Waals surface area contributed by atoms with Crippen molar-refractivity contribution >= 4 is 12.4 Å². The molecular weight excluding hydrogens is 229 g/mol. The average Bonchev–Trinajstić information content (AvgIpc) is 2.30. The predicted octanol–water partition coefficient (Wildman–Crippen LogP) is 2.80. The molecule has 2 rings (SSSR count). The third kappa shape index (κ3) is 2.78. The van der Waals surface area contributed by atoms with Crippen LogP contribution in [0.3, 0.4) is 0 Å². The zero-order valence-electron chi connectivity index (χ0n) is 8.43. The summed E-state index contributed by atoms with van der Waals surface area (Å²) in [6, 6.07) is 8.02. The van der Waals surface area contributed by atoms with Crippen molar-refractivity contribution in [2.75, 3.05) is 0 Å². The van der Waals surface area contributed by atoms with E-state index in [1.807, 2.05) is 6.07 Å². The van der Waals surface area contributed by atoms with Crippen molar-refractivity contribution in [1.29, 1.82) is 0 Å². The second-order valence-electron chi connectivity index (χ2n) is 3.25. The molecule has 0 aliphatic rings. The minimum atomic E-state index is -0.259. The van der Waals surface area contributed by atoms with Gasteiger partial charge in [0.15, 0.2) is 0 Å². The minimum absolute atomic E-state index is 0. The van der Waals surface area contributed by atoms with E-state index < -0.39 is 0 Å². The van der Waals surface area contributed by atoms with Gasteiger partial charge in [-0.25, -0.2) is 4.39 Å². The molecule has 0 radical (unpaired) electrons. The highest BCUT2D eigenvalue weighted by Crippen LogP contribution is 2.19. The first kappa shape index (κ1) is 12.6. The lowest BCUT2D eigenvalue weighted by atomic mass is 10.1. The van der Waals surface area contributed by atoms with Crippen LogP contribution in [0.25, 0.3) is 11.1 Å². The molecule has 0 aliphatic carbocycles. The van der Waals surface area contributed by atoms with Crippen molar-refractivity contribution in [1.82, 2.24) is 4.98 Å². The van der Waals surface area contributed by atoms with Crippen molar-refractivity contribution in [3.05, 3.63) is 54.1 Å². The van der Waals surface area contributed by atoms with Gasteiger partial charge in [0.2, 0.25) is 0 Å². The highest BCUT2D eigenvalue weighted by molar-refractivity contribution is 5.85. The van der Waals surface area contributed by atoms with Gasteiger partial charge < -0.3 is 5.11 Å². The molecule has 1 aromatic carbocycles. The number of benzene rings is 1. The van der Waals surface area contributed by atoms with E-state index in [0.717, 1.165) is 16.7 Å². The summed E-state index contributed by atoms with van der Waals surface area (Å²) >= 11 is 0. The van der Waals surface area contributed by atoms with Crippen LogP contribution in [0.1, 0.15) is 5.56 Å². The van der Waals surface area contributed by atoms with Crippen molar-refractivity contribution in [3.63, 3.8) is 0 Å². The first-order valence-electron chi connectivity index (χ1n) is 4.60. The van der Waals surface area contributed by atoms with Crippen LogP contribution in [0.4, 0.5) is 4.39 Å². The maximum atomic E-state index is 12.7. The molecule has 0 unspecified atom stereocenters. The van der Waals surface area contributed by atoms with E-state index in [9.17, 15) is 4.39 Å². The molecule has 0 saturated carbocycles. The van der Waals surface area contributed by atoms with Gasteiger partial charge in [0.05, 0.1) is 6.61 Å². The van der Waals surface area contributed by atoms with Gasteiger partial charge in [0.1, 0.15) is 5.82 Å². The fourth-order valence-corrected chi connectivity index (χ4v) is 1.37. The molecule has 4 heteroatoms. The molecule has 2 nitrogen and oxygen atoms in total. The molecule has 0 atom stereocenters. The smallest absolute Gasteiger partial charge is 0.123 e. The van der Waals surface area contributed by atoms with E-state index in [2.05, 4.69) is 4.98 Å². The van der Waals surface area contributed by atoms with Crippen molar-refractivity contribution < 1.29 is 9.50 Å². The molecule has 1 heterocycles. The van der Waals surface area contributed by atoms with Gasteiger partial charge in [-0.2, -0.15) is 0 Å². The summed E-state index contributed by atoms with van der Waals surface area (Å²) in [6.07, 6.45) is 3.29. The predicted molar refractivity (Wildman–Crippen MR) is 62.8 cm³/mol. The molecule has 0 aliphatic heterocycles. The Morgan fingerprint density at radius 3 is 2.38 bits per heavy atom. The second kappa shape index (κ2) is 5.58. The summed E-state index contributed by atoms with van der Waals surface area (Å²) in [6.45, 7) is -0.0396. The molecule has 2 aromatic rings. The number of hydrogen-bond acceptors (Lipinski definition) is 2. The topological polar surface area (TPSA) is 33.1 Å². The number of pyridine rings is 1. The molecule has 0 fully saturated rings. The van der Waals surface area contributed by atoms with E-state index in [1.54, 1.807) is 24.5 Å². The van der Waals surface area contributed by atoms with Crippen molar-refractivity contribution in [2.45, 2.75) is 6.61 Å². The Bertz CT molecular complexity index is 459. The van der Waals surface area contributed by atoms with Gasteiger partial charge in [-0.15, -0.1) is 12.4 Å². The van der Waals surface area contributed by atoms with Gasteiger partial charge >= 0.3 is 0 Å². The Labute approximate surface area is 99.2 Å². The van der Waals surface area contributed by atoms with Crippen LogP contribution < -0.4 is 0 Å². The molecular formula is C12H11ClFNO. The largest absolute Gasteiger partial charge is 0.392 e. The summed E-state index contributed by atoms with van der Waals surface area (Å²) in [5.74, 6) is -0.259. The van der Waals surface area contributed by atoms with Gasteiger partial charge in [-0.1, -0.05) is 12.1 Å². The average molecular weight is 240 g/mol. The van der Waals surface area contributed by atoms with Crippen LogP contribution in [0.15, 0.2) is 42.7 Å². The van der Waals surface area contributed by atoms with Crippen LogP contribution in [0.5, 0.6) is 0 Å². The van der Waals surface area contributed by atoms with E-state index in [4.69, 9.17) is 5.11 Å². The normalized spacial score (nSPS) is 9.62. The lowest BCUT2D eigenvalue weighted by Gasteiger charge is -2.02. The van der Waals surface area contributed by atoms with Gasteiger partial charge in [-0.05, 0) is 29.3 Å². The third-order valence-electron chi connectivity index (χ3n) is 2.16. The first-order valence-corrected chi connectivity index (χ1v) is 4.60. The van der Waals surface area contributed by atoms with Crippen LogP contribution in [-0.4, -0.2) is 10.1 Å². The minimum Gasteiger partial charge on any atom is -0.392 e. The maximum Gasteiger partial charge on any atom is 0.123 e. The first-order chi connectivity index (χ1) is 7.29. The van der Waals surface area contributed by atoms with Crippen LogP contribution in [0, 0.1) is 5.82 Å². The Kier molecular flexibility index (Phi) is 4.40. The molecule has 0 spiro atoms. The summed E-state index contributed by atoms with van der Waals surface area (Å²) in [5, 5.41) is 8.95. The molecule has 16 heavy (non-hydrogen) atoms. The lowest BCUT2D eigenvalue weighted by molar-refractivity contribution is 0.281. The highest BCUT2D eigenvalue weighted by atomic mass is 35.5. The number of halogens is 2. The van der Waals surface area contributed by atoms with E-state index in [0.29, 0.717) is 0 Å². The number of aliphatic hydroxyl groups excluding tert-OH is 1. The molecule has 84 valence electrons. The van der Waals surface area contributed by atoms with Crippen LogP contribution in [0.2, 0.25) is 0 Å². The molecule has 0 saturated heterocycles. The second-order valence-corrected chi connectivity index (χ2v) is 3.25. The van der Waals surface area contributed by atoms with Gasteiger partial charge in [-0.3, -0.25) is 4.98 Å². The third-order valence-corrected chi connectivity index (χ3v) is 2.16. The Morgan fingerprint density at radius 2 is 1.75 bits per heavy atom. The number of aliphatic hydroxyl groups is 1. The lowest BCUT2D eigenvalue weighted by Crippen LogP contribution is -1.87. The Morgan fingerprint density at radius 1 is 1.06 bits per heavy atom. The maximum absolute atomic E-state index is 12.7. The van der Waals surface area contributed by atoms with Gasteiger partial charge in [0, 0.05) is 18.0 Å². The zero-order chi connectivity index (χ0) is 10.7. The number of nitrogens with zero attached hydrogens (tertiary/aromatic N) is 1. The molecule has 0 amide bonds. The van der Waals surface area contributed by atoms with Crippen molar-refractivity contribution in [2.24, 2.45) is 0 Å². The quantitative estimate of drug-likeness (QED) is 0.874. The fourth-order valence-electron chi connectivity index (χ4n) is 1.37.